The lowest BCUT2D eigenvalue weighted by molar-refractivity contribution is -0.155. The highest BCUT2D eigenvalue weighted by molar-refractivity contribution is 5.76. The van der Waals surface area contributed by atoms with Crippen molar-refractivity contribution >= 4 is 5.97 Å². The minimum absolute atomic E-state index is 0.154. The first-order chi connectivity index (χ1) is 6.86. The lowest BCUT2D eigenvalue weighted by Gasteiger charge is -2.26. The van der Waals surface area contributed by atoms with Crippen molar-refractivity contribution < 1.29 is 9.53 Å². The predicted molar refractivity (Wildman–Crippen MR) is 63.5 cm³/mol. The van der Waals surface area contributed by atoms with E-state index in [-0.39, 0.29) is 11.9 Å². The van der Waals surface area contributed by atoms with Gasteiger partial charge in [0, 0.05) is 0 Å². The maximum Gasteiger partial charge on any atom is 0.312 e. The van der Waals surface area contributed by atoms with Crippen molar-refractivity contribution in [1.82, 2.24) is 0 Å². The average molecular weight is 210 g/mol. The molecule has 0 aliphatic carbocycles. The molecule has 2 heteroatoms. The first-order valence-corrected chi connectivity index (χ1v) is 5.31. The van der Waals surface area contributed by atoms with Crippen molar-refractivity contribution in [3.8, 4) is 0 Å². The van der Waals surface area contributed by atoms with Gasteiger partial charge in [-0.2, -0.15) is 0 Å². The monoisotopic (exact) mass is 210 g/mol. The van der Waals surface area contributed by atoms with Gasteiger partial charge >= 0.3 is 5.97 Å². The number of allylic oxidation sites excluding steroid dienone is 1. The Hall–Kier alpha value is -1.05. The molecule has 2 nitrogen and oxygen atoms in total. The fraction of sp³-hybridized carbons (Fsp3) is 0.615. The number of hydrogen-bond acceptors (Lipinski definition) is 2. The van der Waals surface area contributed by atoms with Gasteiger partial charge in [0.05, 0.1) is 5.41 Å². The van der Waals surface area contributed by atoms with Gasteiger partial charge in [-0.15, -0.1) is 0 Å². The summed E-state index contributed by atoms with van der Waals surface area (Å²) in [4.78, 5) is 11.8. The molecular formula is C13H22O2. The summed E-state index contributed by atoms with van der Waals surface area (Å²) >= 11 is 0. The van der Waals surface area contributed by atoms with E-state index in [0.29, 0.717) is 6.61 Å². The van der Waals surface area contributed by atoms with E-state index in [9.17, 15) is 4.79 Å². The van der Waals surface area contributed by atoms with Crippen LogP contribution in [0.5, 0.6) is 0 Å². The Balaban J connectivity index is 4.33. The Morgan fingerprint density at radius 3 is 2.33 bits per heavy atom. The Bertz CT molecular complexity index is 260. The smallest absolute Gasteiger partial charge is 0.312 e. The van der Waals surface area contributed by atoms with Gasteiger partial charge in [-0.25, -0.2) is 0 Å². The molecule has 0 unspecified atom stereocenters. The highest BCUT2D eigenvalue weighted by Crippen LogP contribution is 2.27. The number of hydrogen-bond donors (Lipinski definition) is 0. The summed E-state index contributed by atoms with van der Waals surface area (Å²) in [6, 6.07) is 0. The normalized spacial score (nSPS) is 12.8. The molecule has 0 atom stereocenters. The molecule has 0 saturated heterocycles. The van der Waals surface area contributed by atoms with Crippen LogP contribution in [0.2, 0.25) is 0 Å². The molecule has 0 spiro atoms. The maximum absolute atomic E-state index is 11.8. The van der Waals surface area contributed by atoms with Gasteiger partial charge in [0.25, 0.3) is 0 Å². The molecule has 0 fully saturated rings. The number of esters is 1. The number of carbonyl (C=O) groups excluding carboxylic acids is 1. The van der Waals surface area contributed by atoms with Crippen LogP contribution in [0.25, 0.3) is 0 Å². The Labute approximate surface area is 93.0 Å². The molecule has 15 heavy (non-hydrogen) atoms. The number of rotatable bonds is 5. The predicted octanol–water partition coefficient (Wildman–Crippen LogP) is 3.34. The minimum Gasteiger partial charge on any atom is -0.460 e. The molecule has 0 bridgehead atoms. The standard InChI is InChI=1S/C13H22O2/c1-7-11(8-2)9-15-12(14)13(5,6)10(3)4/h7-8,10H,1,9H2,2-6H3/b11-8+. The van der Waals surface area contributed by atoms with Crippen molar-refractivity contribution in [2.45, 2.75) is 34.6 Å². The van der Waals surface area contributed by atoms with Gasteiger partial charge in [0.2, 0.25) is 0 Å². The molecule has 0 aromatic carbocycles. The average Bonchev–Trinajstić information content (AvgIpc) is 2.18. The second-order valence-corrected chi connectivity index (χ2v) is 4.52. The van der Waals surface area contributed by atoms with Crippen LogP contribution in [0.4, 0.5) is 0 Å². The molecule has 0 aliphatic rings. The minimum atomic E-state index is -0.431. The van der Waals surface area contributed by atoms with E-state index in [0.717, 1.165) is 5.57 Å². The zero-order valence-corrected chi connectivity index (χ0v) is 10.5. The summed E-state index contributed by atoms with van der Waals surface area (Å²) in [6.07, 6.45) is 3.60. The van der Waals surface area contributed by atoms with Crippen LogP contribution < -0.4 is 0 Å². The summed E-state index contributed by atoms with van der Waals surface area (Å²) in [6.45, 7) is 13.7. The first-order valence-electron chi connectivity index (χ1n) is 5.31. The maximum atomic E-state index is 11.8. The molecule has 0 aliphatic heterocycles. The van der Waals surface area contributed by atoms with Gasteiger partial charge in [0.1, 0.15) is 6.61 Å². The third-order valence-corrected chi connectivity index (χ3v) is 2.97. The Kier molecular flexibility index (Phi) is 5.34. The fourth-order valence-electron chi connectivity index (χ4n) is 0.831. The van der Waals surface area contributed by atoms with Crippen LogP contribution >= 0.6 is 0 Å². The molecule has 0 radical (unpaired) electrons. The van der Waals surface area contributed by atoms with E-state index in [1.165, 1.54) is 0 Å². The van der Waals surface area contributed by atoms with Crippen LogP contribution in [-0.4, -0.2) is 12.6 Å². The zero-order chi connectivity index (χ0) is 12.1. The van der Waals surface area contributed by atoms with Gasteiger partial charge in [0.15, 0.2) is 0 Å². The van der Waals surface area contributed by atoms with Crippen molar-refractivity contribution in [3.05, 3.63) is 24.3 Å². The summed E-state index contributed by atoms with van der Waals surface area (Å²) in [7, 11) is 0. The van der Waals surface area contributed by atoms with Crippen LogP contribution in [-0.2, 0) is 9.53 Å². The largest absolute Gasteiger partial charge is 0.460 e. The quantitative estimate of drug-likeness (QED) is 0.514. The molecule has 0 heterocycles. The van der Waals surface area contributed by atoms with E-state index in [1.807, 2.05) is 40.7 Å². The lowest BCUT2D eigenvalue weighted by Crippen LogP contribution is -2.32. The van der Waals surface area contributed by atoms with Crippen molar-refractivity contribution in [2.24, 2.45) is 11.3 Å². The second-order valence-electron chi connectivity index (χ2n) is 4.52. The summed E-state index contributed by atoms with van der Waals surface area (Å²) in [5, 5.41) is 0. The molecule has 0 N–H and O–H groups in total. The van der Waals surface area contributed by atoms with E-state index < -0.39 is 5.41 Å². The summed E-state index contributed by atoms with van der Waals surface area (Å²) in [5.41, 5.74) is 0.503. The van der Waals surface area contributed by atoms with Gasteiger partial charge in [-0.05, 0) is 32.3 Å². The van der Waals surface area contributed by atoms with Gasteiger partial charge in [-0.3, -0.25) is 4.79 Å². The molecule has 86 valence electrons. The van der Waals surface area contributed by atoms with Crippen molar-refractivity contribution in [2.75, 3.05) is 6.61 Å². The highest BCUT2D eigenvalue weighted by atomic mass is 16.5. The summed E-state index contributed by atoms with van der Waals surface area (Å²) in [5.74, 6) is 0.112. The van der Waals surface area contributed by atoms with E-state index in [2.05, 4.69) is 6.58 Å². The Morgan fingerprint density at radius 2 is 2.00 bits per heavy atom. The topological polar surface area (TPSA) is 26.3 Å². The van der Waals surface area contributed by atoms with Crippen molar-refractivity contribution in [1.29, 1.82) is 0 Å². The molecular weight excluding hydrogens is 188 g/mol. The molecule has 0 amide bonds. The molecule has 0 aromatic heterocycles. The molecule has 0 saturated carbocycles. The summed E-state index contributed by atoms with van der Waals surface area (Å²) < 4.78 is 5.23. The van der Waals surface area contributed by atoms with Gasteiger partial charge < -0.3 is 4.74 Å². The van der Waals surface area contributed by atoms with Gasteiger partial charge in [-0.1, -0.05) is 32.6 Å². The molecule has 0 rings (SSSR count). The van der Waals surface area contributed by atoms with Crippen LogP contribution in [0.1, 0.15) is 34.6 Å². The number of ether oxygens (including phenoxy) is 1. The number of carbonyl (C=O) groups is 1. The van der Waals surface area contributed by atoms with Crippen LogP contribution in [0, 0.1) is 11.3 Å². The first kappa shape index (κ1) is 13.9. The Morgan fingerprint density at radius 1 is 1.47 bits per heavy atom. The van der Waals surface area contributed by atoms with Crippen LogP contribution in [0.15, 0.2) is 24.3 Å². The fourth-order valence-corrected chi connectivity index (χ4v) is 0.831. The van der Waals surface area contributed by atoms with Crippen molar-refractivity contribution in [3.63, 3.8) is 0 Å². The SMILES string of the molecule is C=C/C(=C\C)COC(=O)C(C)(C)C(C)C. The zero-order valence-electron chi connectivity index (χ0n) is 10.5. The second kappa shape index (κ2) is 5.74. The molecule has 0 aromatic rings. The third kappa shape index (κ3) is 3.90. The third-order valence-electron chi connectivity index (χ3n) is 2.97. The highest BCUT2D eigenvalue weighted by Gasteiger charge is 2.32. The van der Waals surface area contributed by atoms with Crippen LogP contribution in [0.3, 0.4) is 0 Å². The van der Waals surface area contributed by atoms with E-state index in [1.54, 1.807) is 6.08 Å². The van der Waals surface area contributed by atoms with E-state index >= 15 is 0 Å². The lowest BCUT2D eigenvalue weighted by atomic mass is 9.81. The van der Waals surface area contributed by atoms with E-state index in [4.69, 9.17) is 4.74 Å².